The van der Waals surface area contributed by atoms with E-state index in [0.717, 1.165) is 18.7 Å². The summed E-state index contributed by atoms with van der Waals surface area (Å²) < 4.78 is 0.550. The lowest BCUT2D eigenvalue weighted by Crippen LogP contribution is -2.59. The summed E-state index contributed by atoms with van der Waals surface area (Å²) in [5.74, 6) is -0.990. The molecule has 1 rings (SSSR count). The van der Waals surface area contributed by atoms with Crippen molar-refractivity contribution in [2.24, 2.45) is 4.99 Å². The number of aliphatic hydroxyl groups excluding tert-OH is 1. The molecule has 0 saturated carbocycles. The SMILES string of the molecule is CCCCCCCCCCCC1=NCC[N+]1(CC(=O)O)C(C)O.C[N+](C)(C)CC(=O)[O-]. The van der Waals surface area contributed by atoms with Crippen molar-refractivity contribution in [1.82, 2.24) is 0 Å². The van der Waals surface area contributed by atoms with Gasteiger partial charge in [-0.1, -0.05) is 58.3 Å². The van der Waals surface area contributed by atoms with Gasteiger partial charge in [-0.25, -0.2) is 14.3 Å². The van der Waals surface area contributed by atoms with Crippen LogP contribution in [-0.4, -0.2) is 90.5 Å². The molecule has 182 valence electrons. The quantitative estimate of drug-likeness (QED) is 0.296. The molecule has 0 aromatic heterocycles. The highest BCUT2D eigenvalue weighted by molar-refractivity contribution is 5.80. The minimum Gasteiger partial charge on any atom is -0.544 e. The molecule has 0 aromatic carbocycles. The highest BCUT2D eigenvalue weighted by Gasteiger charge is 2.43. The minimum atomic E-state index is -1.00. The maximum absolute atomic E-state index is 11.2. The van der Waals surface area contributed by atoms with Gasteiger partial charge in [0.2, 0.25) is 5.84 Å². The van der Waals surface area contributed by atoms with Crippen LogP contribution in [0.1, 0.15) is 78.1 Å². The average molecular weight is 445 g/mol. The third-order valence-electron chi connectivity index (χ3n) is 5.55. The summed E-state index contributed by atoms with van der Waals surface area (Å²) in [6, 6.07) is 0. The predicted molar refractivity (Wildman–Crippen MR) is 121 cm³/mol. The number of hydrogen-bond acceptors (Lipinski definition) is 5. The zero-order valence-corrected chi connectivity index (χ0v) is 20.4. The Hall–Kier alpha value is -1.51. The molecular formula is C23H46N3O5+. The average Bonchev–Trinajstić information content (AvgIpc) is 3.02. The van der Waals surface area contributed by atoms with Crippen molar-refractivity contribution in [3.63, 3.8) is 0 Å². The third kappa shape index (κ3) is 13.5. The first-order chi connectivity index (χ1) is 14.4. The molecule has 8 heteroatoms. The van der Waals surface area contributed by atoms with Gasteiger partial charge < -0.3 is 24.6 Å². The molecule has 1 aliphatic rings. The molecule has 0 aliphatic carbocycles. The van der Waals surface area contributed by atoms with Gasteiger partial charge in [0.15, 0.2) is 12.8 Å². The molecule has 2 unspecified atom stereocenters. The van der Waals surface area contributed by atoms with Crippen LogP contribution in [0.25, 0.3) is 0 Å². The van der Waals surface area contributed by atoms with Gasteiger partial charge in [-0.15, -0.1) is 0 Å². The largest absolute Gasteiger partial charge is 0.544 e. The first-order valence-corrected chi connectivity index (χ1v) is 11.8. The number of quaternary nitrogens is 2. The van der Waals surface area contributed by atoms with Crippen LogP contribution in [0.3, 0.4) is 0 Å². The van der Waals surface area contributed by atoms with Gasteiger partial charge in [0.05, 0.1) is 33.7 Å². The van der Waals surface area contributed by atoms with Crippen molar-refractivity contribution >= 4 is 17.8 Å². The third-order valence-corrected chi connectivity index (χ3v) is 5.55. The van der Waals surface area contributed by atoms with E-state index in [1.807, 2.05) is 0 Å². The lowest BCUT2D eigenvalue weighted by molar-refractivity contribution is -0.877. The topological polar surface area (TPSA) is 110 Å². The van der Waals surface area contributed by atoms with Crippen molar-refractivity contribution in [1.29, 1.82) is 0 Å². The van der Waals surface area contributed by atoms with E-state index in [4.69, 9.17) is 5.11 Å². The Kier molecular flexibility index (Phi) is 14.6. The summed E-state index contributed by atoms with van der Waals surface area (Å²) in [5.41, 5.74) is 0. The molecule has 2 atom stereocenters. The van der Waals surface area contributed by atoms with Gasteiger partial charge in [-0.2, -0.15) is 0 Å². The minimum absolute atomic E-state index is 0.0616. The Balaban J connectivity index is 0.000000954. The van der Waals surface area contributed by atoms with Crippen LogP contribution in [0.15, 0.2) is 4.99 Å². The summed E-state index contributed by atoms with van der Waals surface area (Å²) in [7, 11) is 5.40. The molecule has 31 heavy (non-hydrogen) atoms. The number of carbonyl (C=O) groups is 2. The van der Waals surface area contributed by atoms with E-state index in [0.29, 0.717) is 17.6 Å². The van der Waals surface area contributed by atoms with Gasteiger partial charge in [0, 0.05) is 13.3 Å². The number of hydrogen-bond donors (Lipinski definition) is 2. The summed E-state index contributed by atoms with van der Waals surface area (Å²) in [6.07, 6.45) is 11.5. The molecule has 0 spiro atoms. The van der Waals surface area contributed by atoms with E-state index in [1.54, 1.807) is 28.1 Å². The highest BCUT2D eigenvalue weighted by atomic mass is 16.4. The van der Waals surface area contributed by atoms with E-state index in [2.05, 4.69) is 11.9 Å². The van der Waals surface area contributed by atoms with Crippen LogP contribution < -0.4 is 5.11 Å². The zero-order chi connectivity index (χ0) is 23.9. The first-order valence-electron chi connectivity index (χ1n) is 11.8. The summed E-state index contributed by atoms with van der Waals surface area (Å²) in [5, 5.41) is 29.1. The Labute approximate surface area is 188 Å². The summed E-state index contributed by atoms with van der Waals surface area (Å²) in [6.45, 7) is 5.16. The second kappa shape index (κ2) is 15.3. The monoisotopic (exact) mass is 444 g/mol. The Morgan fingerprint density at radius 1 is 1.06 bits per heavy atom. The number of carboxylic acids is 2. The fourth-order valence-corrected chi connectivity index (χ4v) is 3.86. The second-order valence-electron chi connectivity index (χ2n) is 9.64. The summed E-state index contributed by atoms with van der Waals surface area (Å²) in [4.78, 5) is 25.5. The first kappa shape index (κ1) is 29.5. The molecule has 0 saturated heterocycles. The fourth-order valence-electron chi connectivity index (χ4n) is 3.86. The fraction of sp³-hybridized carbons (Fsp3) is 0.870. The predicted octanol–water partition coefficient (Wildman–Crippen LogP) is 2.00. The molecule has 0 radical (unpaired) electrons. The van der Waals surface area contributed by atoms with E-state index >= 15 is 0 Å². The maximum Gasteiger partial charge on any atom is 0.359 e. The molecule has 0 aromatic rings. The normalized spacial score (nSPS) is 19.4. The van der Waals surface area contributed by atoms with E-state index < -0.39 is 18.2 Å². The van der Waals surface area contributed by atoms with Gasteiger partial charge >= 0.3 is 5.97 Å². The molecule has 0 amide bonds. The molecule has 1 heterocycles. The van der Waals surface area contributed by atoms with E-state index in [-0.39, 0.29) is 17.6 Å². The smallest absolute Gasteiger partial charge is 0.359 e. The van der Waals surface area contributed by atoms with Gasteiger partial charge in [-0.3, -0.25) is 0 Å². The molecule has 0 bridgehead atoms. The number of unbranched alkanes of at least 4 members (excludes halogenated alkanes) is 8. The summed E-state index contributed by atoms with van der Waals surface area (Å²) >= 11 is 0. The number of aliphatic imine (C=N–C) groups is 1. The lowest BCUT2D eigenvalue weighted by Gasteiger charge is -2.35. The molecular weight excluding hydrogens is 398 g/mol. The Morgan fingerprint density at radius 3 is 1.97 bits per heavy atom. The van der Waals surface area contributed by atoms with Crippen LogP contribution >= 0.6 is 0 Å². The van der Waals surface area contributed by atoms with Crippen LogP contribution in [-0.2, 0) is 9.59 Å². The zero-order valence-electron chi connectivity index (χ0n) is 20.4. The van der Waals surface area contributed by atoms with Crippen LogP contribution in [0.2, 0.25) is 0 Å². The lowest BCUT2D eigenvalue weighted by atomic mass is 10.1. The van der Waals surface area contributed by atoms with Gasteiger partial charge in [0.1, 0.15) is 13.1 Å². The number of aliphatic carboxylic acids is 2. The van der Waals surface area contributed by atoms with Crippen LogP contribution in [0.4, 0.5) is 0 Å². The molecule has 8 nitrogen and oxygen atoms in total. The number of carbonyl (C=O) groups excluding carboxylic acids is 1. The van der Waals surface area contributed by atoms with Crippen molar-refractivity contribution in [3.05, 3.63) is 0 Å². The Morgan fingerprint density at radius 2 is 1.58 bits per heavy atom. The van der Waals surface area contributed by atoms with Crippen molar-refractivity contribution < 1.29 is 33.9 Å². The molecule has 0 fully saturated rings. The van der Waals surface area contributed by atoms with Crippen LogP contribution in [0, 0.1) is 0 Å². The van der Waals surface area contributed by atoms with Crippen LogP contribution in [0.5, 0.6) is 0 Å². The van der Waals surface area contributed by atoms with Gasteiger partial charge in [0.25, 0.3) is 0 Å². The number of likely N-dealkylation sites (N-methyl/N-ethyl adjacent to an activating group) is 1. The maximum atomic E-state index is 11.2. The second-order valence-corrected chi connectivity index (χ2v) is 9.64. The number of aliphatic hydroxyl groups is 1. The van der Waals surface area contributed by atoms with Gasteiger partial charge in [-0.05, 0) is 6.42 Å². The van der Waals surface area contributed by atoms with Crippen molar-refractivity contribution in [2.45, 2.75) is 84.3 Å². The number of amidine groups is 1. The number of carboxylic acid groups (broad SMARTS) is 2. The number of nitrogens with zero attached hydrogens (tertiary/aromatic N) is 3. The van der Waals surface area contributed by atoms with Crippen molar-refractivity contribution in [2.75, 3.05) is 47.3 Å². The highest BCUT2D eigenvalue weighted by Crippen LogP contribution is 2.23. The van der Waals surface area contributed by atoms with E-state index in [1.165, 1.54) is 51.4 Å². The van der Waals surface area contributed by atoms with E-state index in [9.17, 15) is 19.8 Å². The standard InChI is InChI=1S/C18H34N2O3.C5H11NO2/c1-3-4-5-6-7-8-9-10-11-12-17-19-13-14-20(17,16(2)21)15-18(22)23;1-6(2,3)4-5(7)8/h16,21H,3-15H2,1-2H3;4H2,1-3H3/p+1. The molecule has 2 N–H and O–H groups in total. The Bertz CT molecular complexity index is 558. The number of rotatable bonds is 15. The molecule has 1 aliphatic heterocycles. The van der Waals surface area contributed by atoms with Crippen molar-refractivity contribution in [3.8, 4) is 0 Å².